The molecule has 0 heterocycles. The number of carboxylic acids is 1. The molecule has 0 aliphatic rings. The van der Waals surface area contributed by atoms with Crippen molar-refractivity contribution in [1.29, 1.82) is 0 Å². The van der Waals surface area contributed by atoms with Gasteiger partial charge < -0.3 is 9.84 Å². The van der Waals surface area contributed by atoms with Crippen LogP contribution in [0.25, 0.3) is 0 Å². The molecule has 0 aliphatic carbocycles. The average molecular weight is 366 g/mol. The van der Waals surface area contributed by atoms with Crippen molar-refractivity contribution in [2.45, 2.75) is 9.65 Å². The SMILES string of the molecule is COC(=O)c1ccc([C@@H](Br)[C@@H](Br)C(=O)O)cc1. The maximum atomic E-state index is 11.2. The van der Waals surface area contributed by atoms with Crippen LogP contribution in [0.5, 0.6) is 0 Å². The molecule has 1 aromatic carbocycles. The summed E-state index contributed by atoms with van der Waals surface area (Å²) < 4.78 is 4.57. The van der Waals surface area contributed by atoms with Crippen LogP contribution in [0, 0.1) is 0 Å². The topological polar surface area (TPSA) is 63.6 Å². The standard InChI is InChI=1S/C11H10Br2O4/c1-17-11(16)7-4-2-6(3-5-7)8(12)9(13)10(14)15/h2-5,8-9H,1H3,(H,14,15)/t8-,9-/m1/s1. The van der Waals surface area contributed by atoms with Crippen LogP contribution in [0.1, 0.15) is 20.7 Å². The van der Waals surface area contributed by atoms with Crippen molar-refractivity contribution >= 4 is 43.8 Å². The Labute approximate surface area is 115 Å². The number of carboxylic acid groups (broad SMARTS) is 1. The zero-order valence-corrected chi connectivity index (χ0v) is 12.1. The lowest BCUT2D eigenvalue weighted by molar-refractivity contribution is -0.136. The fourth-order valence-electron chi connectivity index (χ4n) is 1.22. The van der Waals surface area contributed by atoms with Gasteiger partial charge in [-0.15, -0.1) is 0 Å². The summed E-state index contributed by atoms with van der Waals surface area (Å²) in [4.78, 5) is 20.9. The first-order chi connectivity index (χ1) is 7.97. The van der Waals surface area contributed by atoms with Crippen molar-refractivity contribution < 1.29 is 19.4 Å². The zero-order valence-electron chi connectivity index (χ0n) is 8.89. The van der Waals surface area contributed by atoms with Gasteiger partial charge in [0.05, 0.1) is 17.5 Å². The van der Waals surface area contributed by atoms with E-state index in [4.69, 9.17) is 5.11 Å². The minimum absolute atomic E-state index is 0.369. The highest BCUT2D eigenvalue weighted by molar-refractivity contribution is 9.12. The normalized spacial score (nSPS) is 13.8. The van der Waals surface area contributed by atoms with E-state index in [-0.39, 0.29) is 4.83 Å². The molecule has 1 aromatic rings. The first-order valence-corrected chi connectivity index (χ1v) is 6.49. The molecule has 0 radical (unpaired) electrons. The van der Waals surface area contributed by atoms with Gasteiger partial charge in [-0.2, -0.15) is 0 Å². The molecule has 0 fully saturated rings. The number of ether oxygens (including phenoxy) is 1. The summed E-state index contributed by atoms with van der Waals surface area (Å²) in [7, 11) is 1.31. The number of hydrogen-bond acceptors (Lipinski definition) is 3. The molecule has 0 aromatic heterocycles. The van der Waals surface area contributed by atoms with Gasteiger partial charge in [-0.25, -0.2) is 4.79 Å². The predicted octanol–water partition coefficient (Wildman–Crippen LogP) is 2.76. The Bertz CT molecular complexity index is 416. The molecule has 0 spiro atoms. The van der Waals surface area contributed by atoms with Crippen molar-refractivity contribution in [2.75, 3.05) is 7.11 Å². The van der Waals surface area contributed by atoms with E-state index in [0.717, 1.165) is 5.56 Å². The highest BCUT2D eigenvalue weighted by Gasteiger charge is 2.24. The summed E-state index contributed by atoms with van der Waals surface area (Å²) in [5.74, 6) is -1.37. The van der Waals surface area contributed by atoms with E-state index in [2.05, 4.69) is 36.6 Å². The van der Waals surface area contributed by atoms with Crippen molar-refractivity contribution in [3.8, 4) is 0 Å². The number of benzene rings is 1. The highest BCUT2D eigenvalue weighted by Crippen LogP contribution is 2.31. The molecule has 0 amide bonds. The Hall–Kier alpha value is -0.880. The third kappa shape index (κ3) is 3.54. The molecule has 1 rings (SSSR count). The molecule has 2 atom stereocenters. The molecule has 0 saturated carbocycles. The monoisotopic (exact) mass is 364 g/mol. The molecule has 0 aliphatic heterocycles. The lowest BCUT2D eigenvalue weighted by atomic mass is 10.1. The number of alkyl halides is 2. The molecule has 17 heavy (non-hydrogen) atoms. The second kappa shape index (κ2) is 6.16. The molecule has 92 valence electrons. The Morgan fingerprint density at radius 1 is 1.24 bits per heavy atom. The van der Waals surface area contributed by atoms with E-state index in [1.165, 1.54) is 7.11 Å². The van der Waals surface area contributed by atoms with E-state index in [1.807, 2.05) is 0 Å². The van der Waals surface area contributed by atoms with E-state index in [1.54, 1.807) is 24.3 Å². The molecular weight excluding hydrogens is 356 g/mol. The highest BCUT2D eigenvalue weighted by atomic mass is 79.9. The van der Waals surface area contributed by atoms with Crippen LogP contribution in [-0.4, -0.2) is 29.0 Å². The number of hydrogen-bond donors (Lipinski definition) is 1. The van der Waals surface area contributed by atoms with Crippen LogP contribution in [-0.2, 0) is 9.53 Å². The van der Waals surface area contributed by atoms with Gasteiger partial charge in [0, 0.05) is 0 Å². The minimum Gasteiger partial charge on any atom is -0.480 e. The number of rotatable bonds is 4. The average Bonchev–Trinajstić information content (AvgIpc) is 2.36. The number of carbonyl (C=O) groups excluding carboxylic acids is 1. The first kappa shape index (κ1) is 14.2. The Morgan fingerprint density at radius 2 is 1.76 bits per heavy atom. The summed E-state index contributed by atoms with van der Waals surface area (Å²) in [5, 5.41) is 8.84. The van der Waals surface area contributed by atoms with Gasteiger partial charge in [0.1, 0.15) is 4.83 Å². The third-order valence-electron chi connectivity index (χ3n) is 2.14. The van der Waals surface area contributed by atoms with Gasteiger partial charge in [-0.3, -0.25) is 4.79 Å². The van der Waals surface area contributed by atoms with E-state index in [9.17, 15) is 9.59 Å². The summed E-state index contributed by atoms with van der Waals surface area (Å²) in [6, 6.07) is 6.56. The number of esters is 1. The lowest BCUT2D eigenvalue weighted by Gasteiger charge is -2.13. The summed E-state index contributed by atoms with van der Waals surface area (Å²) in [5.41, 5.74) is 1.19. The fraction of sp³-hybridized carbons (Fsp3) is 0.273. The van der Waals surface area contributed by atoms with Crippen molar-refractivity contribution in [3.05, 3.63) is 35.4 Å². The van der Waals surface area contributed by atoms with Crippen LogP contribution in [0.15, 0.2) is 24.3 Å². The second-order valence-corrected chi connectivity index (χ2v) is 5.23. The molecular formula is C11H10Br2O4. The van der Waals surface area contributed by atoms with Crippen molar-refractivity contribution in [2.24, 2.45) is 0 Å². The van der Waals surface area contributed by atoms with Crippen LogP contribution in [0.4, 0.5) is 0 Å². The van der Waals surface area contributed by atoms with E-state index < -0.39 is 16.8 Å². The minimum atomic E-state index is -0.955. The summed E-state index contributed by atoms with van der Waals surface area (Å²) in [6.07, 6.45) is 0. The second-order valence-electron chi connectivity index (χ2n) is 3.26. The molecule has 6 heteroatoms. The Morgan fingerprint density at radius 3 is 2.18 bits per heavy atom. The maximum Gasteiger partial charge on any atom is 0.337 e. The molecule has 0 unspecified atom stereocenters. The van der Waals surface area contributed by atoms with Crippen molar-refractivity contribution in [3.63, 3.8) is 0 Å². The number of methoxy groups -OCH3 is 1. The molecule has 4 nitrogen and oxygen atoms in total. The smallest absolute Gasteiger partial charge is 0.337 e. The number of halogens is 2. The van der Waals surface area contributed by atoms with Gasteiger partial charge in [0.15, 0.2) is 0 Å². The zero-order chi connectivity index (χ0) is 13.0. The van der Waals surface area contributed by atoms with Crippen LogP contribution >= 0.6 is 31.9 Å². The summed E-state index contributed by atoms with van der Waals surface area (Å²) >= 11 is 6.35. The van der Waals surface area contributed by atoms with E-state index >= 15 is 0 Å². The molecule has 1 N–H and O–H groups in total. The fourth-order valence-corrected chi connectivity index (χ4v) is 2.05. The maximum absolute atomic E-state index is 11.2. The van der Waals surface area contributed by atoms with E-state index in [0.29, 0.717) is 5.56 Å². The predicted molar refractivity (Wildman–Crippen MR) is 69.8 cm³/mol. The largest absolute Gasteiger partial charge is 0.480 e. The third-order valence-corrected chi connectivity index (χ3v) is 4.83. The van der Waals surface area contributed by atoms with Gasteiger partial charge in [0.2, 0.25) is 0 Å². The van der Waals surface area contributed by atoms with Gasteiger partial charge in [0.25, 0.3) is 0 Å². The van der Waals surface area contributed by atoms with Crippen molar-refractivity contribution in [1.82, 2.24) is 0 Å². The first-order valence-electron chi connectivity index (χ1n) is 4.66. The van der Waals surface area contributed by atoms with Gasteiger partial charge in [-0.05, 0) is 17.7 Å². The lowest BCUT2D eigenvalue weighted by Crippen LogP contribution is -2.18. The quantitative estimate of drug-likeness (QED) is 0.658. The Balaban J connectivity index is 2.87. The van der Waals surface area contributed by atoms with Gasteiger partial charge >= 0.3 is 11.9 Å². The van der Waals surface area contributed by atoms with Crippen LogP contribution in [0.2, 0.25) is 0 Å². The van der Waals surface area contributed by atoms with Crippen LogP contribution in [0.3, 0.4) is 0 Å². The van der Waals surface area contributed by atoms with Crippen LogP contribution < -0.4 is 0 Å². The van der Waals surface area contributed by atoms with Gasteiger partial charge in [-0.1, -0.05) is 44.0 Å². The molecule has 0 saturated heterocycles. The summed E-state index contributed by atoms with van der Waals surface area (Å²) in [6.45, 7) is 0. The number of carbonyl (C=O) groups is 2. The Kier molecular flexibility index (Phi) is 5.14. The molecule has 0 bridgehead atoms. The number of aliphatic carboxylic acids is 1.